The van der Waals surface area contributed by atoms with Crippen LogP contribution >= 0.6 is 11.8 Å². The Bertz CT molecular complexity index is 494. The molecule has 0 aliphatic rings. The highest BCUT2D eigenvalue weighted by Crippen LogP contribution is 2.34. The van der Waals surface area contributed by atoms with E-state index in [-0.39, 0.29) is 10.3 Å². The van der Waals surface area contributed by atoms with E-state index in [2.05, 4.69) is 20.8 Å². The second kappa shape index (κ2) is 5.57. The minimum absolute atomic E-state index is 0.101. The number of hydrogen-bond acceptors (Lipinski definition) is 3. The molecule has 3 heteroatoms. The van der Waals surface area contributed by atoms with Crippen LogP contribution < -0.4 is 0 Å². The van der Waals surface area contributed by atoms with Gasteiger partial charge in [0.25, 0.3) is 0 Å². The third kappa shape index (κ3) is 4.34. The first-order chi connectivity index (χ1) is 7.96. The minimum Gasteiger partial charge on any atom is -0.192 e. The summed E-state index contributed by atoms with van der Waals surface area (Å²) in [6.45, 7) is 6.40. The Morgan fingerprint density at radius 3 is 2.29 bits per heavy atom. The molecule has 0 aliphatic carbocycles. The van der Waals surface area contributed by atoms with Crippen molar-refractivity contribution in [2.75, 3.05) is 0 Å². The van der Waals surface area contributed by atoms with Gasteiger partial charge in [0.1, 0.15) is 17.7 Å². The molecule has 0 bridgehead atoms. The molecule has 0 aliphatic heterocycles. The second-order valence-electron chi connectivity index (χ2n) is 4.53. The SMILES string of the molecule is CC(C)(C)Sc1ccccc1C=C(C#N)C#N. The summed E-state index contributed by atoms with van der Waals surface area (Å²) in [5, 5.41) is 17.5. The summed E-state index contributed by atoms with van der Waals surface area (Å²) >= 11 is 1.73. The Morgan fingerprint density at radius 2 is 1.76 bits per heavy atom. The van der Waals surface area contributed by atoms with Crippen molar-refractivity contribution in [1.82, 2.24) is 0 Å². The fourth-order valence-electron chi connectivity index (χ4n) is 1.27. The molecule has 86 valence electrons. The summed E-state index contributed by atoms with van der Waals surface area (Å²) in [6.07, 6.45) is 1.63. The maximum absolute atomic E-state index is 8.76. The minimum atomic E-state index is 0.101. The van der Waals surface area contributed by atoms with Crippen molar-refractivity contribution in [1.29, 1.82) is 10.5 Å². The molecule has 1 rings (SSSR count). The Labute approximate surface area is 107 Å². The van der Waals surface area contributed by atoms with Gasteiger partial charge in [0.05, 0.1) is 0 Å². The van der Waals surface area contributed by atoms with E-state index in [1.807, 2.05) is 36.4 Å². The molecular weight excluding hydrogens is 228 g/mol. The van der Waals surface area contributed by atoms with Gasteiger partial charge >= 0.3 is 0 Å². The molecule has 2 nitrogen and oxygen atoms in total. The topological polar surface area (TPSA) is 47.6 Å². The van der Waals surface area contributed by atoms with E-state index in [1.54, 1.807) is 17.8 Å². The zero-order valence-electron chi connectivity index (χ0n) is 10.2. The number of allylic oxidation sites excluding steroid dienone is 1. The zero-order chi connectivity index (χ0) is 12.9. The highest BCUT2D eigenvalue weighted by molar-refractivity contribution is 8.00. The van der Waals surface area contributed by atoms with Gasteiger partial charge in [-0.1, -0.05) is 39.0 Å². The molecule has 0 saturated carbocycles. The molecule has 0 fully saturated rings. The van der Waals surface area contributed by atoms with E-state index in [1.165, 1.54) is 0 Å². The molecule has 0 atom stereocenters. The van der Waals surface area contributed by atoms with Gasteiger partial charge in [-0.2, -0.15) is 10.5 Å². The van der Waals surface area contributed by atoms with Gasteiger partial charge in [0, 0.05) is 9.64 Å². The van der Waals surface area contributed by atoms with Crippen molar-refractivity contribution in [3.05, 3.63) is 35.4 Å². The van der Waals surface area contributed by atoms with Crippen molar-refractivity contribution >= 4 is 17.8 Å². The lowest BCUT2D eigenvalue weighted by molar-refractivity contribution is 0.802. The maximum Gasteiger partial charge on any atom is 0.130 e. The van der Waals surface area contributed by atoms with Gasteiger partial charge in [-0.25, -0.2) is 0 Å². The van der Waals surface area contributed by atoms with Gasteiger partial charge in [-0.15, -0.1) is 11.8 Å². The molecule has 0 heterocycles. The van der Waals surface area contributed by atoms with Crippen LogP contribution in [0.25, 0.3) is 6.08 Å². The van der Waals surface area contributed by atoms with Crippen molar-refractivity contribution in [2.45, 2.75) is 30.4 Å². The standard InChI is InChI=1S/C14H14N2S/c1-14(2,3)17-13-7-5-4-6-12(13)8-11(9-15)10-16/h4-8H,1-3H3. The number of nitrogens with zero attached hydrogens (tertiary/aromatic N) is 2. The first-order valence-electron chi connectivity index (χ1n) is 5.26. The number of nitriles is 2. The van der Waals surface area contributed by atoms with E-state index in [0.29, 0.717) is 0 Å². The Hall–Kier alpha value is -1.71. The molecule has 0 radical (unpaired) electrons. The van der Waals surface area contributed by atoms with Crippen LogP contribution in [0.15, 0.2) is 34.7 Å². The first-order valence-corrected chi connectivity index (χ1v) is 6.08. The number of rotatable bonds is 2. The van der Waals surface area contributed by atoms with E-state index in [0.717, 1.165) is 10.5 Å². The molecular formula is C14H14N2S. The summed E-state index contributed by atoms with van der Waals surface area (Å²) in [5.41, 5.74) is 1.05. The van der Waals surface area contributed by atoms with Crippen LogP contribution in [0.2, 0.25) is 0 Å². The molecule has 0 saturated heterocycles. The average Bonchev–Trinajstić information content (AvgIpc) is 2.26. The molecule has 0 amide bonds. The molecule has 0 aromatic heterocycles. The largest absolute Gasteiger partial charge is 0.192 e. The first kappa shape index (κ1) is 13.4. The zero-order valence-corrected chi connectivity index (χ0v) is 11.0. The van der Waals surface area contributed by atoms with Gasteiger partial charge in [0.15, 0.2) is 0 Å². The van der Waals surface area contributed by atoms with Crippen molar-refractivity contribution in [3.8, 4) is 12.1 Å². The highest BCUT2D eigenvalue weighted by atomic mass is 32.2. The number of thioether (sulfide) groups is 1. The summed E-state index contributed by atoms with van der Waals surface area (Å²) in [7, 11) is 0. The number of hydrogen-bond donors (Lipinski definition) is 0. The molecule has 17 heavy (non-hydrogen) atoms. The molecule has 0 N–H and O–H groups in total. The van der Waals surface area contributed by atoms with Crippen LogP contribution in [0.5, 0.6) is 0 Å². The van der Waals surface area contributed by atoms with Gasteiger partial charge in [-0.3, -0.25) is 0 Å². The lowest BCUT2D eigenvalue weighted by Gasteiger charge is -2.18. The predicted octanol–water partition coefficient (Wildman–Crippen LogP) is 4.01. The molecule has 0 unspecified atom stereocenters. The predicted molar refractivity (Wildman–Crippen MR) is 71.3 cm³/mol. The van der Waals surface area contributed by atoms with Crippen LogP contribution in [0.1, 0.15) is 26.3 Å². The molecule has 1 aromatic carbocycles. The van der Waals surface area contributed by atoms with Gasteiger partial charge in [0.2, 0.25) is 0 Å². The average molecular weight is 242 g/mol. The van der Waals surface area contributed by atoms with Crippen LogP contribution in [0, 0.1) is 22.7 Å². The normalized spacial score (nSPS) is 10.2. The lowest BCUT2D eigenvalue weighted by Crippen LogP contribution is -2.07. The summed E-state index contributed by atoms with van der Waals surface area (Å²) in [4.78, 5) is 1.09. The van der Waals surface area contributed by atoms with Crippen LogP contribution in [0.3, 0.4) is 0 Å². The van der Waals surface area contributed by atoms with Crippen LogP contribution in [0.4, 0.5) is 0 Å². The Kier molecular flexibility index (Phi) is 4.37. The number of benzene rings is 1. The fraction of sp³-hybridized carbons (Fsp3) is 0.286. The summed E-state index contributed by atoms with van der Waals surface area (Å²) in [5.74, 6) is 0. The third-order valence-corrected chi connectivity index (χ3v) is 3.08. The van der Waals surface area contributed by atoms with E-state index in [4.69, 9.17) is 10.5 Å². The van der Waals surface area contributed by atoms with Gasteiger partial charge < -0.3 is 0 Å². The maximum atomic E-state index is 8.76. The smallest absolute Gasteiger partial charge is 0.130 e. The van der Waals surface area contributed by atoms with Crippen LogP contribution in [-0.4, -0.2) is 4.75 Å². The van der Waals surface area contributed by atoms with E-state index in [9.17, 15) is 0 Å². The van der Waals surface area contributed by atoms with E-state index >= 15 is 0 Å². The Balaban J connectivity index is 3.15. The van der Waals surface area contributed by atoms with Gasteiger partial charge in [-0.05, 0) is 17.7 Å². The second-order valence-corrected chi connectivity index (χ2v) is 6.40. The van der Waals surface area contributed by atoms with Crippen LogP contribution in [-0.2, 0) is 0 Å². The third-order valence-electron chi connectivity index (χ3n) is 1.88. The lowest BCUT2D eigenvalue weighted by atomic mass is 10.1. The van der Waals surface area contributed by atoms with E-state index < -0.39 is 0 Å². The molecule has 0 spiro atoms. The summed E-state index contributed by atoms with van der Waals surface area (Å²) in [6, 6.07) is 11.6. The monoisotopic (exact) mass is 242 g/mol. The molecule has 1 aromatic rings. The summed E-state index contributed by atoms with van der Waals surface area (Å²) < 4.78 is 0.101. The highest BCUT2D eigenvalue weighted by Gasteiger charge is 2.13. The van der Waals surface area contributed by atoms with Crippen molar-refractivity contribution in [3.63, 3.8) is 0 Å². The quantitative estimate of drug-likeness (QED) is 0.581. The fourth-order valence-corrected chi connectivity index (χ4v) is 2.32. The van der Waals surface area contributed by atoms with Crippen molar-refractivity contribution < 1.29 is 0 Å². The Morgan fingerprint density at radius 1 is 1.18 bits per heavy atom. The van der Waals surface area contributed by atoms with Crippen molar-refractivity contribution in [2.24, 2.45) is 0 Å².